The van der Waals surface area contributed by atoms with E-state index >= 15 is 0 Å². The highest BCUT2D eigenvalue weighted by molar-refractivity contribution is 5.92. The van der Waals surface area contributed by atoms with Crippen molar-refractivity contribution in [3.63, 3.8) is 0 Å². The van der Waals surface area contributed by atoms with Crippen molar-refractivity contribution in [3.05, 3.63) is 72.4 Å². The molecular weight excluding hydrogens is 360 g/mol. The number of allylic oxidation sites excluding steroid dienone is 3. The van der Waals surface area contributed by atoms with Crippen LogP contribution in [0, 0.1) is 11.8 Å². The van der Waals surface area contributed by atoms with E-state index in [4.69, 9.17) is 0 Å². The molecule has 154 valence electrons. The van der Waals surface area contributed by atoms with Crippen LogP contribution in [-0.2, 0) is 9.59 Å². The molecule has 1 aliphatic heterocycles. The number of nitrogens with one attached hydrogen (secondary N) is 1. The maximum atomic E-state index is 13.4. The number of amides is 2. The van der Waals surface area contributed by atoms with Crippen LogP contribution in [0.3, 0.4) is 0 Å². The molecule has 1 aromatic rings. The first kappa shape index (κ1) is 21.1. The van der Waals surface area contributed by atoms with Crippen molar-refractivity contribution in [2.24, 2.45) is 11.8 Å². The maximum absolute atomic E-state index is 13.4. The highest BCUT2D eigenvalue weighted by Crippen LogP contribution is 2.49. The predicted octanol–water partition coefficient (Wildman–Crippen LogP) is 4.22. The van der Waals surface area contributed by atoms with Gasteiger partial charge in [0.05, 0.1) is 6.04 Å². The third kappa shape index (κ3) is 4.69. The molecule has 1 heterocycles. The Labute approximate surface area is 174 Å². The molecule has 5 atom stereocenters. The van der Waals surface area contributed by atoms with E-state index in [0.717, 1.165) is 18.4 Å². The van der Waals surface area contributed by atoms with Crippen LogP contribution >= 0.6 is 0 Å². The lowest BCUT2D eigenvalue weighted by atomic mass is 9.91. The van der Waals surface area contributed by atoms with Crippen molar-refractivity contribution in [2.45, 2.75) is 51.6 Å². The summed E-state index contributed by atoms with van der Waals surface area (Å²) in [6.07, 6.45) is 9.39. The molecule has 1 saturated heterocycles. The molecule has 0 radical (unpaired) electrons. The first-order valence-corrected chi connectivity index (χ1v) is 10.6. The van der Waals surface area contributed by atoms with Gasteiger partial charge in [-0.15, -0.1) is 0 Å². The minimum Gasteiger partial charge on any atom is -0.346 e. The number of rotatable bonds is 7. The third-order valence-corrected chi connectivity index (χ3v) is 6.16. The van der Waals surface area contributed by atoms with Gasteiger partial charge < -0.3 is 10.2 Å². The first-order chi connectivity index (χ1) is 14.0. The Hall–Kier alpha value is -2.62. The highest BCUT2D eigenvalue weighted by Gasteiger charge is 2.50. The number of carbonyl (C=O) groups excluding carboxylic acids is 2. The Kier molecular flexibility index (Phi) is 6.73. The van der Waals surface area contributed by atoms with Crippen molar-refractivity contribution in [3.8, 4) is 0 Å². The minimum atomic E-state index is -0.409. The van der Waals surface area contributed by atoms with Gasteiger partial charge in [-0.3, -0.25) is 9.59 Å². The van der Waals surface area contributed by atoms with E-state index in [0.29, 0.717) is 6.54 Å². The van der Waals surface area contributed by atoms with Crippen molar-refractivity contribution >= 4 is 11.8 Å². The number of piperazine rings is 1. The van der Waals surface area contributed by atoms with E-state index < -0.39 is 6.04 Å². The molecule has 1 aromatic carbocycles. The van der Waals surface area contributed by atoms with Gasteiger partial charge in [-0.1, -0.05) is 81.5 Å². The van der Waals surface area contributed by atoms with Gasteiger partial charge in [-0.25, -0.2) is 0 Å². The van der Waals surface area contributed by atoms with Gasteiger partial charge in [-0.05, 0) is 36.3 Å². The summed E-state index contributed by atoms with van der Waals surface area (Å²) < 4.78 is 0. The molecule has 0 bridgehead atoms. The van der Waals surface area contributed by atoms with Crippen molar-refractivity contribution in [2.75, 3.05) is 6.54 Å². The molecule has 0 spiro atoms. The fourth-order valence-corrected chi connectivity index (χ4v) is 4.14. The largest absolute Gasteiger partial charge is 0.346 e. The molecule has 2 fully saturated rings. The number of hydrogen-bond donors (Lipinski definition) is 1. The fourth-order valence-electron chi connectivity index (χ4n) is 4.14. The Morgan fingerprint density at radius 1 is 1.31 bits per heavy atom. The van der Waals surface area contributed by atoms with Crippen LogP contribution in [0.5, 0.6) is 0 Å². The smallest absolute Gasteiger partial charge is 0.243 e. The number of hydrogen-bond acceptors (Lipinski definition) is 2. The summed E-state index contributed by atoms with van der Waals surface area (Å²) in [7, 11) is 0. The topological polar surface area (TPSA) is 49.4 Å². The van der Waals surface area contributed by atoms with Crippen LogP contribution in [0.25, 0.3) is 0 Å². The van der Waals surface area contributed by atoms with Gasteiger partial charge in [0.15, 0.2) is 0 Å². The molecule has 0 aromatic heterocycles. The number of nitrogens with zero attached hydrogens (tertiary/aromatic N) is 1. The van der Waals surface area contributed by atoms with Gasteiger partial charge >= 0.3 is 0 Å². The number of carbonyl (C=O) groups is 2. The summed E-state index contributed by atoms with van der Waals surface area (Å²) in [5.41, 5.74) is 2.02. The van der Waals surface area contributed by atoms with Gasteiger partial charge in [0.2, 0.25) is 11.8 Å². The fraction of sp³-hybridized carbons (Fsp3) is 0.440. The van der Waals surface area contributed by atoms with Crippen LogP contribution < -0.4 is 5.32 Å². The zero-order chi connectivity index (χ0) is 21.0. The van der Waals surface area contributed by atoms with E-state index in [-0.39, 0.29) is 35.6 Å². The minimum absolute atomic E-state index is 0.0256. The van der Waals surface area contributed by atoms with Gasteiger partial charge in [-0.2, -0.15) is 0 Å². The molecule has 1 N–H and O–H groups in total. The second kappa shape index (κ2) is 9.25. The molecule has 2 amide bonds. The van der Waals surface area contributed by atoms with Crippen molar-refractivity contribution in [1.82, 2.24) is 10.2 Å². The highest BCUT2D eigenvalue weighted by atomic mass is 16.2. The van der Waals surface area contributed by atoms with Gasteiger partial charge in [0.25, 0.3) is 0 Å². The summed E-state index contributed by atoms with van der Waals surface area (Å²) >= 11 is 0. The monoisotopic (exact) mass is 392 g/mol. The van der Waals surface area contributed by atoms with Crippen LogP contribution in [0.15, 0.2) is 66.8 Å². The lowest BCUT2D eigenvalue weighted by Crippen LogP contribution is -2.64. The lowest BCUT2D eigenvalue weighted by Gasteiger charge is -2.42. The normalized spacial score (nSPS) is 27.8. The SMILES string of the molecule is C=C(C=CC=CC)C1CN(C(=O)C2CC2c2ccccc2)C(C(C)CC)C(=O)N1. The average molecular weight is 393 g/mol. The molecule has 1 saturated carbocycles. The molecule has 2 aliphatic rings. The molecule has 4 nitrogen and oxygen atoms in total. The zero-order valence-electron chi connectivity index (χ0n) is 17.7. The summed E-state index contributed by atoms with van der Waals surface area (Å²) in [5.74, 6) is 0.390. The Morgan fingerprint density at radius 3 is 2.69 bits per heavy atom. The zero-order valence-corrected chi connectivity index (χ0v) is 17.7. The van der Waals surface area contributed by atoms with E-state index in [9.17, 15) is 9.59 Å². The average Bonchev–Trinajstić information content (AvgIpc) is 3.53. The molecule has 29 heavy (non-hydrogen) atoms. The van der Waals surface area contributed by atoms with Crippen molar-refractivity contribution in [1.29, 1.82) is 0 Å². The Morgan fingerprint density at radius 2 is 2.03 bits per heavy atom. The standard InChI is InChI=1S/C25H32N2O2/c1-5-7-9-12-18(4)22-16-27(23(17(3)6-2)24(28)26-22)25(29)21-15-20(21)19-13-10-8-11-14-19/h5,7-14,17,20-23H,4,6,15-16H2,1-3H3,(H,26,28). The second-order valence-electron chi connectivity index (χ2n) is 8.20. The quantitative estimate of drug-likeness (QED) is 0.706. The Balaban J connectivity index is 1.78. The molecule has 3 rings (SSSR count). The summed E-state index contributed by atoms with van der Waals surface area (Å²) in [4.78, 5) is 28.2. The molecular formula is C25H32N2O2. The van der Waals surface area contributed by atoms with Crippen LogP contribution in [0.1, 0.15) is 45.1 Å². The molecule has 1 aliphatic carbocycles. The lowest BCUT2D eigenvalue weighted by molar-refractivity contribution is -0.147. The predicted molar refractivity (Wildman–Crippen MR) is 117 cm³/mol. The first-order valence-electron chi connectivity index (χ1n) is 10.6. The van der Waals surface area contributed by atoms with E-state index in [2.05, 4.69) is 31.0 Å². The van der Waals surface area contributed by atoms with Gasteiger partial charge in [0.1, 0.15) is 6.04 Å². The maximum Gasteiger partial charge on any atom is 0.243 e. The number of benzene rings is 1. The van der Waals surface area contributed by atoms with Crippen LogP contribution in [-0.4, -0.2) is 35.3 Å². The molecule has 5 unspecified atom stereocenters. The van der Waals surface area contributed by atoms with E-state index in [1.54, 1.807) is 0 Å². The molecule has 4 heteroatoms. The summed E-state index contributed by atoms with van der Waals surface area (Å²) in [6, 6.07) is 9.54. The summed E-state index contributed by atoms with van der Waals surface area (Å²) in [6.45, 7) is 10.7. The van der Waals surface area contributed by atoms with Crippen molar-refractivity contribution < 1.29 is 9.59 Å². The summed E-state index contributed by atoms with van der Waals surface area (Å²) in [5, 5.41) is 3.09. The van der Waals surface area contributed by atoms with Crippen LogP contribution in [0.4, 0.5) is 0 Å². The van der Waals surface area contributed by atoms with Gasteiger partial charge in [0, 0.05) is 12.5 Å². The van der Waals surface area contributed by atoms with E-state index in [1.807, 2.05) is 61.3 Å². The third-order valence-electron chi connectivity index (χ3n) is 6.16. The Bertz CT molecular complexity index is 811. The van der Waals surface area contributed by atoms with E-state index in [1.165, 1.54) is 5.56 Å². The van der Waals surface area contributed by atoms with Crippen LogP contribution in [0.2, 0.25) is 0 Å². The second-order valence-corrected chi connectivity index (χ2v) is 8.20.